The summed E-state index contributed by atoms with van der Waals surface area (Å²) in [5.41, 5.74) is 8.53. The molecule has 0 fully saturated rings. The molecule has 2 nitrogen and oxygen atoms in total. The molecule has 0 bridgehead atoms. The van der Waals surface area contributed by atoms with Gasteiger partial charge in [0.2, 0.25) is 0 Å². The van der Waals surface area contributed by atoms with Crippen LogP contribution in [0.4, 0.5) is 15.8 Å². The molecule has 0 aliphatic rings. The molecule has 0 aromatic heterocycles. The number of halogens is 2. The maximum absolute atomic E-state index is 12.9. The van der Waals surface area contributed by atoms with Crippen molar-refractivity contribution < 1.29 is 4.39 Å². The zero-order chi connectivity index (χ0) is 13.1. The van der Waals surface area contributed by atoms with E-state index >= 15 is 0 Å². The largest absolute Gasteiger partial charge is 0.344 e. The van der Waals surface area contributed by atoms with Crippen LogP contribution in [0, 0.1) is 5.82 Å². The highest BCUT2D eigenvalue weighted by Crippen LogP contribution is 2.29. The van der Waals surface area contributed by atoms with Crippen LogP contribution >= 0.6 is 11.6 Å². The van der Waals surface area contributed by atoms with E-state index < -0.39 is 0 Å². The van der Waals surface area contributed by atoms with Crippen molar-refractivity contribution in [2.45, 2.75) is 6.54 Å². The van der Waals surface area contributed by atoms with E-state index in [1.807, 2.05) is 30.1 Å². The van der Waals surface area contributed by atoms with Gasteiger partial charge in [-0.05, 0) is 48.0 Å². The van der Waals surface area contributed by atoms with E-state index in [1.54, 1.807) is 12.1 Å². The summed E-state index contributed by atoms with van der Waals surface area (Å²) >= 11 is 5.94. The van der Waals surface area contributed by atoms with Crippen LogP contribution in [-0.4, -0.2) is 7.05 Å². The van der Waals surface area contributed by atoms with Crippen molar-refractivity contribution >= 4 is 23.0 Å². The van der Waals surface area contributed by atoms with Gasteiger partial charge in [-0.25, -0.2) is 4.39 Å². The third kappa shape index (κ3) is 2.63. The Bertz CT molecular complexity index is 540. The average Bonchev–Trinajstić information content (AvgIpc) is 2.38. The molecular formula is C14H14ClFN2. The summed E-state index contributed by atoms with van der Waals surface area (Å²) in [6.07, 6.45) is 0. The summed E-state index contributed by atoms with van der Waals surface area (Å²) in [4.78, 5) is 1.96. The van der Waals surface area contributed by atoms with Gasteiger partial charge in [0.25, 0.3) is 0 Å². The average molecular weight is 265 g/mol. The molecule has 2 aromatic carbocycles. The van der Waals surface area contributed by atoms with E-state index in [2.05, 4.69) is 0 Å². The maximum atomic E-state index is 12.9. The Hall–Kier alpha value is -1.58. The Labute approximate surface area is 111 Å². The minimum Gasteiger partial charge on any atom is -0.344 e. The van der Waals surface area contributed by atoms with Crippen LogP contribution in [0.3, 0.4) is 0 Å². The molecule has 94 valence electrons. The molecule has 0 heterocycles. The van der Waals surface area contributed by atoms with Crippen LogP contribution in [0.15, 0.2) is 42.5 Å². The number of anilines is 2. The number of nitrogens with zero attached hydrogens (tertiary/aromatic N) is 1. The fraction of sp³-hybridized carbons (Fsp3) is 0.143. The molecular weight excluding hydrogens is 251 g/mol. The van der Waals surface area contributed by atoms with Gasteiger partial charge in [0, 0.05) is 30.0 Å². The van der Waals surface area contributed by atoms with Crippen LogP contribution in [0.5, 0.6) is 0 Å². The van der Waals surface area contributed by atoms with Gasteiger partial charge in [-0.2, -0.15) is 0 Å². The molecule has 0 saturated carbocycles. The van der Waals surface area contributed by atoms with Crippen molar-refractivity contribution in [1.82, 2.24) is 0 Å². The molecule has 0 amide bonds. The van der Waals surface area contributed by atoms with E-state index in [-0.39, 0.29) is 5.82 Å². The van der Waals surface area contributed by atoms with E-state index in [9.17, 15) is 4.39 Å². The second-order valence-corrected chi connectivity index (χ2v) is 4.45. The van der Waals surface area contributed by atoms with Gasteiger partial charge < -0.3 is 10.6 Å². The fourth-order valence-electron chi connectivity index (χ4n) is 1.85. The Morgan fingerprint density at radius 2 is 1.83 bits per heavy atom. The number of hydrogen-bond acceptors (Lipinski definition) is 2. The highest BCUT2D eigenvalue weighted by Gasteiger charge is 2.09. The number of hydrogen-bond donors (Lipinski definition) is 1. The molecule has 0 aliphatic heterocycles. The summed E-state index contributed by atoms with van der Waals surface area (Å²) in [5, 5.41) is 0.659. The lowest BCUT2D eigenvalue weighted by Gasteiger charge is -2.22. The van der Waals surface area contributed by atoms with E-state index in [1.165, 1.54) is 12.1 Å². The highest BCUT2D eigenvalue weighted by atomic mass is 35.5. The zero-order valence-corrected chi connectivity index (χ0v) is 10.8. The van der Waals surface area contributed by atoms with Gasteiger partial charge in [-0.1, -0.05) is 11.6 Å². The maximum Gasteiger partial charge on any atom is 0.123 e. The van der Waals surface area contributed by atoms with Crippen LogP contribution in [0.25, 0.3) is 0 Å². The van der Waals surface area contributed by atoms with Gasteiger partial charge >= 0.3 is 0 Å². The molecule has 0 spiro atoms. The first-order chi connectivity index (χ1) is 8.61. The standard InChI is InChI=1S/C14H14ClFN2/c1-18(13-5-3-12(16)4-6-13)14-7-2-11(15)8-10(14)9-17/h2-8H,9,17H2,1H3. The summed E-state index contributed by atoms with van der Waals surface area (Å²) < 4.78 is 12.9. The van der Waals surface area contributed by atoms with E-state index in [0.717, 1.165) is 16.9 Å². The van der Waals surface area contributed by atoms with Crippen molar-refractivity contribution in [1.29, 1.82) is 0 Å². The lowest BCUT2D eigenvalue weighted by molar-refractivity contribution is 0.628. The first-order valence-electron chi connectivity index (χ1n) is 5.59. The van der Waals surface area contributed by atoms with Crippen molar-refractivity contribution in [2.24, 2.45) is 5.73 Å². The zero-order valence-electron chi connectivity index (χ0n) is 10.0. The molecule has 0 unspecified atom stereocenters. The predicted octanol–water partition coefficient (Wildman–Crippen LogP) is 3.71. The van der Waals surface area contributed by atoms with Gasteiger partial charge in [0.05, 0.1) is 0 Å². The van der Waals surface area contributed by atoms with Crippen molar-refractivity contribution in [3.05, 3.63) is 58.9 Å². The Morgan fingerprint density at radius 1 is 1.17 bits per heavy atom. The monoisotopic (exact) mass is 264 g/mol. The third-order valence-electron chi connectivity index (χ3n) is 2.84. The SMILES string of the molecule is CN(c1ccc(F)cc1)c1ccc(Cl)cc1CN. The molecule has 0 saturated heterocycles. The van der Waals surface area contributed by atoms with Gasteiger partial charge in [-0.15, -0.1) is 0 Å². The predicted molar refractivity (Wildman–Crippen MR) is 73.8 cm³/mol. The summed E-state index contributed by atoms with van der Waals surface area (Å²) in [6.45, 7) is 0.404. The first kappa shape index (κ1) is 12.9. The van der Waals surface area contributed by atoms with Crippen LogP contribution in [-0.2, 0) is 6.54 Å². The van der Waals surface area contributed by atoms with Crippen molar-refractivity contribution in [3.8, 4) is 0 Å². The highest BCUT2D eigenvalue weighted by molar-refractivity contribution is 6.30. The Kier molecular flexibility index (Phi) is 3.84. The minimum atomic E-state index is -0.248. The first-order valence-corrected chi connectivity index (χ1v) is 5.97. The molecule has 0 aliphatic carbocycles. The molecule has 0 atom stereocenters. The molecule has 18 heavy (non-hydrogen) atoms. The minimum absolute atomic E-state index is 0.248. The van der Waals surface area contributed by atoms with E-state index in [0.29, 0.717) is 11.6 Å². The Morgan fingerprint density at radius 3 is 2.44 bits per heavy atom. The number of nitrogens with two attached hydrogens (primary N) is 1. The van der Waals surface area contributed by atoms with Gasteiger partial charge in [-0.3, -0.25) is 0 Å². The smallest absolute Gasteiger partial charge is 0.123 e. The van der Waals surface area contributed by atoms with E-state index in [4.69, 9.17) is 17.3 Å². The topological polar surface area (TPSA) is 29.3 Å². The van der Waals surface area contributed by atoms with Gasteiger partial charge in [0.15, 0.2) is 0 Å². The molecule has 2 aromatic rings. The van der Waals surface area contributed by atoms with Crippen molar-refractivity contribution in [2.75, 3.05) is 11.9 Å². The third-order valence-corrected chi connectivity index (χ3v) is 3.07. The van der Waals surface area contributed by atoms with Crippen LogP contribution in [0.2, 0.25) is 5.02 Å². The lowest BCUT2D eigenvalue weighted by atomic mass is 10.1. The molecule has 4 heteroatoms. The van der Waals surface area contributed by atoms with Crippen LogP contribution in [0.1, 0.15) is 5.56 Å². The molecule has 2 N–H and O–H groups in total. The number of benzene rings is 2. The van der Waals surface area contributed by atoms with Gasteiger partial charge in [0.1, 0.15) is 5.82 Å². The second-order valence-electron chi connectivity index (χ2n) is 4.01. The summed E-state index contributed by atoms with van der Waals surface area (Å²) in [5.74, 6) is -0.248. The normalized spacial score (nSPS) is 10.4. The lowest BCUT2D eigenvalue weighted by Crippen LogP contribution is -2.13. The summed E-state index contributed by atoms with van der Waals surface area (Å²) in [6, 6.07) is 11.9. The molecule has 0 radical (unpaired) electrons. The molecule has 2 rings (SSSR count). The Balaban J connectivity index is 2.39. The summed E-state index contributed by atoms with van der Waals surface area (Å²) in [7, 11) is 1.91. The van der Waals surface area contributed by atoms with Crippen LogP contribution < -0.4 is 10.6 Å². The van der Waals surface area contributed by atoms with Crippen molar-refractivity contribution in [3.63, 3.8) is 0 Å². The second kappa shape index (κ2) is 5.38. The fourth-order valence-corrected chi connectivity index (χ4v) is 2.04. The quantitative estimate of drug-likeness (QED) is 0.916. The number of rotatable bonds is 3.